The molecule has 0 spiro atoms. The van der Waals surface area contributed by atoms with E-state index in [1.165, 1.54) is 6.33 Å². The highest BCUT2D eigenvalue weighted by Gasteiger charge is 2.20. The fourth-order valence-corrected chi connectivity index (χ4v) is 3.69. The molecule has 5 aromatic rings. The minimum absolute atomic E-state index is 0.335. The first-order chi connectivity index (χ1) is 17.2. The van der Waals surface area contributed by atoms with Crippen molar-refractivity contribution in [3.8, 4) is 17.2 Å². The van der Waals surface area contributed by atoms with Crippen LogP contribution in [0.4, 0.5) is 29.2 Å². The van der Waals surface area contributed by atoms with Crippen molar-refractivity contribution < 1.29 is 14.2 Å². The van der Waals surface area contributed by atoms with Gasteiger partial charge in [-0.1, -0.05) is 30.3 Å². The quantitative estimate of drug-likeness (QED) is 0.325. The number of imidazole rings is 1. The van der Waals surface area contributed by atoms with Gasteiger partial charge in [0.25, 0.3) is 0 Å². The summed E-state index contributed by atoms with van der Waals surface area (Å²) < 4.78 is 16.3. The normalized spacial score (nSPS) is 10.7. The molecule has 2 aromatic heterocycles. The number of fused-ring (bicyclic) bond motifs is 1. The van der Waals surface area contributed by atoms with Gasteiger partial charge in [-0.25, -0.2) is 19.9 Å². The summed E-state index contributed by atoms with van der Waals surface area (Å²) in [6.07, 6.45) is 1.45. The van der Waals surface area contributed by atoms with Crippen molar-refractivity contribution in [2.45, 2.75) is 0 Å². The number of hydrogen-bond acceptors (Lipinski definition) is 9. The second-order valence-corrected chi connectivity index (χ2v) is 7.40. The lowest BCUT2D eigenvalue weighted by atomic mass is 10.2. The van der Waals surface area contributed by atoms with Crippen molar-refractivity contribution >= 4 is 40.3 Å². The molecule has 35 heavy (non-hydrogen) atoms. The van der Waals surface area contributed by atoms with E-state index in [0.29, 0.717) is 40.8 Å². The molecule has 176 valence electrons. The van der Waals surface area contributed by atoms with Crippen LogP contribution in [0.1, 0.15) is 0 Å². The summed E-state index contributed by atoms with van der Waals surface area (Å²) in [6.45, 7) is 0. The van der Waals surface area contributed by atoms with Gasteiger partial charge in [-0.05, 0) is 24.3 Å². The van der Waals surface area contributed by atoms with E-state index in [0.717, 1.165) is 16.7 Å². The maximum Gasteiger partial charge on any atom is 0.241 e. The molecule has 2 heterocycles. The van der Waals surface area contributed by atoms with E-state index in [1.807, 2.05) is 59.5 Å². The van der Waals surface area contributed by atoms with E-state index in [4.69, 9.17) is 19.2 Å². The first-order valence-corrected chi connectivity index (χ1v) is 10.8. The third-order valence-electron chi connectivity index (χ3n) is 5.28. The zero-order valence-corrected chi connectivity index (χ0v) is 19.4. The van der Waals surface area contributed by atoms with Crippen LogP contribution in [0.15, 0.2) is 73.1 Å². The average molecular weight is 470 g/mol. The smallest absolute Gasteiger partial charge is 0.241 e. The lowest BCUT2D eigenvalue weighted by Crippen LogP contribution is -2.15. The molecular formula is C25H23N7O3. The number of para-hydroxylation sites is 3. The third kappa shape index (κ3) is 4.36. The van der Waals surface area contributed by atoms with E-state index in [-0.39, 0.29) is 0 Å². The number of methoxy groups -OCH3 is 3. The Morgan fingerprint density at radius 2 is 1.51 bits per heavy atom. The second kappa shape index (κ2) is 9.56. The van der Waals surface area contributed by atoms with Crippen LogP contribution in [0.25, 0.3) is 11.0 Å². The highest BCUT2D eigenvalue weighted by atomic mass is 16.5. The summed E-state index contributed by atoms with van der Waals surface area (Å²) in [5.74, 6) is 2.83. The molecule has 0 saturated carbocycles. The van der Waals surface area contributed by atoms with Crippen LogP contribution in [0.2, 0.25) is 0 Å². The molecule has 0 amide bonds. The molecule has 3 aromatic carbocycles. The molecular weight excluding hydrogens is 446 g/mol. The average Bonchev–Trinajstić information content (AvgIpc) is 3.32. The Kier molecular flexibility index (Phi) is 6.00. The number of ether oxygens (including phenoxy) is 3. The molecule has 5 rings (SSSR count). The monoisotopic (exact) mass is 469 g/mol. The number of aromatic nitrogens is 5. The van der Waals surface area contributed by atoms with E-state index >= 15 is 0 Å². The Balaban J connectivity index is 1.55. The minimum atomic E-state index is 0.335. The minimum Gasteiger partial charge on any atom is -0.493 e. The van der Waals surface area contributed by atoms with E-state index in [9.17, 15) is 0 Å². The fourth-order valence-electron chi connectivity index (χ4n) is 3.69. The van der Waals surface area contributed by atoms with Gasteiger partial charge in [-0.3, -0.25) is 0 Å². The number of benzene rings is 3. The predicted molar refractivity (Wildman–Crippen MR) is 134 cm³/mol. The van der Waals surface area contributed by atoms with Gasteiger partial charge in [0.15, 0.2) is 11.5 Å². The first kappa shape index (κ1) is 22.0. The summed E-state index contributed by atoms with van der Waals surface area (Å²) in [4.78, 5) is 23.3. The molecule has 0 aliphatic rings. The largest absolute Gasteiger partial charge is 0.493 e. The van der Waals surface area contributed by atoms with Gasteiger partial charge in [0, 0.05) is 17.8 Å². The predicted octanol–water partition coefficient (Wildman–Crippen LogP) is 4.99. The summed E-state index contributed by atoms with van der Waals surface area (Å²) in [5.41, 5.74) is 3.25. The van der Waals surface area contributed by atoms with Crippen molar-refractivity contribution in [1.82, 2.24) is 24.9 Å². The molecule has 0 atom stereocenters. The molecule has 0 radical (unpaired) electrons. The Morgan fingerprint density at radius 3 is 2.20 bits per heavy atom. The fraction of sp³-hybridized carbons (Fsp3) is 0.120. The molecule has 10 nitrogen and oxygen atoms in total. The highest BCUT2D eigenvalue weighted by Crippen LogP contribution is 2.40. The topological polar surface area (TPSA) is 110 Å². The second-order valence-electron chi connectivity index (χ2n) is 7.40. The molecule has 0 saturated heterocycles. The van der Waals surface area contributed by atoms with Gasteiger partial charge in [-0.2, -0.15) is 4.98 Å². The zero-order valence-electron chi connectivity index (χ0n) is 19.4. The Hall–Kier alpha value is -4.86. The number of hydrogen-bond donors (Lipinski definition) is 2. The molecule has 0 fully saturated rings. The Labute approximate surface area is 201 Å². The number of anilines is 5. The molecule has 0 aliphatic heterocycles. The summed E-state index contributed by atoms with van der Waals surface area (Å²) in [7, 11) is 4.68. The number of aromatic amines is 1. The molecule has 0 aliphatic carbocycles. The zero-order chi connectivity index (χ0) is 24.2. The standard InChI is InChI=1S/C25H23N7O3/c1-33-20-13-16(14-21(34-2)22(20)35-3)28-23-26-15-27-24(31-23)32(17-9-5-4-6-10-17)25-29-18-11-7-8-12-19(18)30-25/h4-15H,1-3H3,(H,29,30)(H,26,27,28,31). The lowest BCUT2D eigenvalue weighted by Gasteiger charge is -2.20. The first-order valence-electron chi connectivity index (χ1n) is 10.8. The third-order valence-corrected chi connectivity index (χ3v) is 5.28. The van der Waals surface area contributed by atoms with Gasteiger partial charge in [0.2, 0.25) is 23.6 Å². The summed E-state index contributed by atoms with van der Waals surface area (Å²) in [5, 5.41) is 3.19. The van der Waals surface area contributed by atoms with E-state index in [2.05, 4.69) is 25.3 Å². The van der Waals surface area contributed by atoms with Crippen molar-refractivity contribution in [3.63, 3.8) is 0 Å². The van der Waals surface area contributed by atoms with Crippen LogP contribution in [0.3, 0.4) is 0 Å². The Morgan fingerprint density at radius 1 is 0.800 bits per heavy atom. The Bertz CT molecular complexity index is 1400. The van der Waals surface area contributed by atoms with Crippen LogP contribution in [0, 0.1) is 0 Å². The SMILES string of the molecule is COc1cc(Nc2ncnc(N(c3ccccc3)c3nc4ccccc4[nH]3)n2)cc(OC)c1OC. The van der Waals surface area contributed by atoms with Crippen LogP contribution in [-0.2, 0) is 0 Å². The molecule has 10 heteroatoms. The lowest BCUT2D eigenvalue weighted by molar-refractivity contribution is 0.324. The number of nitrogens with zero attached hydrogens (tertiary/aromatic N) is 5. The van der Waals surface area contributed by atoms with Crippen LogP contribution < -0.4 is 24.4 Å². The molecule has 2 N–H and O–H groups in total. The van der Waals surface area contributed by atoms with Crippen molar-refractivity contribution in [2.24, 2.45) is 0 Å². The van der Waals surface area contributed by atoms with Crippen LogP contribution in [-0.4, -0.2) is 46.2 Å². The van der Waals surface area contributed by atoms with Crippen molar-refractivity contribution in [2.75, 3.05) is 31.5 Å². The summed E-state index contributed by atoms with van der Waals surface area (Å²) in [6, 6.07) is 21.1. The van der Waals surface area contributed by atoms with Crippen LogP contribution >= 0.6 is 0 Å². The highest BCUT2D eigenvalue weighted by molar-refractivity contribution is 5.81. The maximum atomic E-state index is 5.44. The van der Waals surface area contributed by atoms with Gasteiger partial charge in [0.05, 0.1) is 38.1 Å². The van der Waals surface area contributed by atoms with E-state index in [1.54, 1.807) is 33.5 Å². The molecule has 0 unspecified atom stereocenters. The van der Waals surface area contributed by atoms with Crippen LogP contribution in [0.5, 0.6) is 17.2 Å². The van der Waals surface area contributed by atoms with Crippen molar-refractivity contribution in [3.05, 3.63) is 73.1 Å². The molecule has 0 bridgehead atoms. The van der Waals surface area contributed by atoms with Crippen molar-refractivity contribution in [1.29, 1.82) is 0 Å². The van der Waals surface area contributed by atoms with Gasteiger partial charge in [0.1, 0.15) is 6.33 Å². The number of rotatable bonds is 8. The number of nitrogens with one attached hydrogen (secondary N) is 2. The van der Waals surface area contributed by atoms with Gasteiger partial charge >= 0.3 is 0 Å². The van der Waals surface area contributed by atoms with E-state index < -0.39 is 0 Å². The van der Waals surface area contributed by atoms with Gasteiger partial charge < -0.3 is 24.5 Å². The van der Waals surface area contributed by atoms with Gasteiger partial charge in [-0.15, -0.1) is 0 Å². The summed E-state index contributed by atoms with van der Waals surface area (Å²) >= 11 is 0. The maximum absolute atomic E-state index is 5.44. The number of H-pyrrole nitrogens is 1.